The predicted molar refractivity (Wildman–Crippen MR) is 62.2 cm³/mol. The first-order chi connectivity index (χ1) is 7.63. The van der Waals surface area contributed by atoms with Crippen molar-refractivity contribution in [2.75, 3.05) is 0 Å². The lowest BCUT2D eigenvalue weighted by Gasteiger charge is -2.22. The second kappa shape index (κ2) is 6.35. The lowest BCUT2D eigenvalue weighted by molar-refractivity contribution is -0.121. The lowest BCUT2D eigenvalue weighted by Crippen LogP contribution is -2.40. The van der Waals surface area contributed by atoms with Crippen molar-refractivity contribution in [2.24, 2.45) is 16.8 Å². The number of nitrogens with two attached hydrogens (primary N) is 1. The van der Waals surface area contributed by atoms with Gasteiger partial charge in [0.1, 0.15) is 5.84 Å². The third-order valence-corrected chi connectivity index (χ3v) is 3.18. The van der Waals surface area contributed by atoms with Crippen molar-refractivity contribution < 1.29 is 10.0 Å². The fourth-order valence-corrected chi connectivity index (χ4v) is 2.17. The van der Waals surface area contributed by atoms with Crippen LogP contribution in [0, 0.1) is 5.92 Å². The van der Waals surface area contributed by atoms with Crippen LogP contribution in [0.5, 0.6) is 0 Å². The molecule has 0 heterocycles. The number of oxime groups is 1. The topological polar surface area (TPSA) is 87.7 Å². The van der Waals surface area contributed by atoms with Gasteiger partial charge in [0, 0.05) is 6.04 Å². The smallest absolute Gasteiger partial charge is 0.227 e. The Morgan fingerprint density at radius 2 is 2.12 bits per heavy atom. The zero-order valence-electron chi connectivity index (χ0n) is 9.78. The van der Waals surface area contributed by atoms with Crippen molar-refractivity contribution in [2.45, 2.75) is 51.5 Å². The van der Waals surface area contributed by atoms with Crippen LogP contribution in [-0.2, 0) is 4.79 Å². The standard InChI is InChI=1S/C11H21N3O2/c1-8-5-3-2-4-6-9(8)13-11(15)7-10(12)14-16/h8-9,16H,2-7H2,1H3,(H2,12,14)(H,13,15). The summed E-state index contributed by atoms with van der Waals surface area (Å²) in [4.78, 5) is 11.6. The van der Waals surface area contributed by atoms with E-state index in [4.69, 9.17) is 10.9 Å². The second-order valence-electron chi connectivity index (χ2n) is 4.56. The Labute approximate surface area is 96.1 Å². The van der Waals surface area contributed by atoms with Crippen LogP contribution < -0.4 is 11.1 Å². The van der Waals surface area contributed by atoms with Crippen LogP contribution in [0.2, 0.25) is 0 Å². The molecule has 1 aliphatic rings. The number of carbonyl (C=O) groups excluding carboxylic acids is 1. The van der Waals surface area contributed by atoms with Crippen molar-refractivity contribution in [3.8, 4) is 0 Å². The molecular formula is C11H21N3O2. The molecule has 0 aromatic rings. The van der Waals surface area contributed by atoms with E-state index in [1.54, 1.807) is 0 Å². The number of amides is 1. The van der Waals surface area contributed by atoms with Crippen molar-refractivity contribution in [1.82, 2.24) is 5.32 Å². The van der Waals surface area contributed by atoms with Gasteiger partial charge in [-0.25, -0.2) is 0 Å². The van der Waals surface area contributed by atoms with Crippen molar-refractivity contribution in [3.05, 3.63) is 0 Å². The molecule has 4 N–H and O–H groups in total. The Bertz CT molecular complexity index is 266. The first-order valence-electron chi connectivity index (χ1n) is 5.89. The molecule has 0 aliphatic heterocycles. The summed E-state index contributed by atoms with van der Waals surface area (Å²) in [5, 5.41) is 14.1. The number of hydrogen-bond acceptors (Lipinski definition) is 3. The molecule has 2 unspecified atom stereocenters. The molecule has 5 nitrogen and oxygen atoms in total. The van der Waals surface area contributed by atoms with Gasteiger partial charge in [0.15, 0.2) is 0 Å². The van der Waals surface area contributed by atoms with Crippen LogP contribution in [0.15, 0.2) is 5.16 Å². The van der Waals surface area contributed by atoms with Crippen LogP contribution in [0.3, 0.4) is 0 Å². The van der Waals surface area contributed by atoms with E-state index in [2.05, 4.69) is 17.4 Å². The maximum atomic E-state index is 11.6. The summed E-state index contributed by atoms with van der Waals surface area (Å²) in [6.45, 7) is 2.17. The Morgan fingerprint density at radius 3 is 2.81 bits per heavy atom. The number of hydrogen-bond donors (Lipinski definition) is 3. The largest absolute Gasteiger partial charge is 0.409 e. The number of nitrogens with zero attached hydrogens (tertiary/aromatic N) is 1. The molecule has 0 aromatic carbocycles. The number of amidine groups is 1. The molecule has 1 fully saturated rings. The quantitative estimate of drug-likeness (QED) is 0.223. The Kier molecular flexibility index (Phi) is 5.08. The number of nitrogens with one attached hydrogen (secondary N) is 1. The third-order valence-electron chi connectivity index (χ3n) is 3.18. The normalized spacial score (nSPS) is 27.2. The molecule has 16 heavy (non-hydrogen) atoms. The first-order valence-corrected chi connectivity index (χ1v) is 5.89. The average Bonchev–Trinajstić information content (AvgIpc) is 2.44. The molecule has 1 aliphatic carbocycles. The Balaban J connectivity index is 2.42. The highest BCUT2D eigenvalue weighted by Crippen LogP contribution is 2.22. The van der Waals surface area contributed by atoms with E-state index >= 15 is 0 Å². The second-order valence-corrected chi connectivity index (χ2v) is 4.56. The van der Waals surface area contributed by atoms with E-state index in [-0.39, 0.29) is 24.2 Å². The van der Waals surface area contributed by atoms with Gasteiger partial charge >= 0.3 is 0 Å². The van der Waals surface area contributed by atoms with E-state index in [0.717, 1.165) is 12.8 Å². The molecule has 0 radical (unpaired) electrons. The molecule has 1 saturated carbocycles. The van der Waals surface area contributed by atoms with Gasteiger partial charge in [0.2, 0.25) is 5.91 Å². The molecule has 0 bridgehead atoms. The monoisotopic (exact) mass is 227 g/mol. The molecule has 2 atom stereocenters. The highest BCUT2D eigenvalue weighted by molar-refractivity contribution is 5.98. The SMILES string of the molecule is CC1CCCCCC1NC(=O)CC(N)=NO. The van der Waals surface area contributed by atoms with Gasteiger partial charge in [0.05, 0.1) is 6.42 Å². The summed E-state index contributed by atoms with van der Waals surface area (Å²) in [5.74, 6) is 0.312. The minimum Gasteiger partial charge on any atom is -0.409 e. The first kappa shape index (κ1) is 12.8. The lowest BCUT2D eigenvalue weighted by atomic mass is 9.97. The van der Waals surface area contributed by atoms with Gasteiger partial charge in [-0.1, -0.05) is 31.3 Å². The summed E-state index contributed by atoms with van der Waals surface area (Å²) >= 11 is 0. The van der Waals surface area contributed by atoms with Crippen LogP contribution in [0.4, 0.5) is 0 Å². The molecule has 5 heteroatoms. The zero-order chi connectivity index (χ0) is 12.0. The van der Waals surface area contributed by atoms with Crippen LogP contribution in [0.1, 0.15) is 45.4 Å². The van der Waals surface area contributed by atoms with Crippen molar-refractivity contribution >= 4 is 11.7 Å². The number of carbonyl (C=O) groups is 1. The van der Waals surface area contributed by atoms with Gasteiger partial charge in [-0.15, -0.1) is 0 Å². The molecule has 92 valence electrons. The maximum Gasteiger partial charge on any atom is 0.227 e. The van der Waals surface area contributed by atoms with E-state index in [1.807, 2.05) is 0 Å². The van der Waals surface area contributed by atoms with Gasteiger partial charge in [-0.3, -0.25) is 4.79 Å². The van der Waals surface area contributed by atoms with Crippen molar-refractivity contribution in [3.63, 3.8) is 0 Å². The molecule has 0 aromatic heterocycles. The van der Waals surface area contributed by atoms with Gasteiger partial charge in [0.25, 0.3) is 0 Å². The van der Waals surface area contributed by atoms with E-state index in [1.165, 1.54) is 19.3 Å². The maximum absolute atomic E-state index is 11.6. The summed E-state index contributed by atoms with van der Waals surface area (Å²) in [5.41, 5.74) is 5.28. The molecule has 1 amide bonds. The average molecular weight is 227 g/mol. The zero-order valence-corrected chi connectivity index (χ0v) is 9.78. The minimum absolute atomic E-state index is 0.0281. The van der Waals surface area contributed by atoms with E-state index in [9.17, 15) is 4.79 Å². The van der Waals surface area contributed by atoms with Gasteiger partial charge < -0.3 is 16.3 Å². The fourth-order valence-electron chi connectivity index (χ4n) is 2.17. The summed E-state index contributed by atoms with van der Waals surface area (Å²) in [7, 11) is 0. The summed E-state index contributed by atoms with van der Waals surface area (Å²) in [6, 6.07) is 0.237. The number of rotatable bonds is 3. The Morgan fingerprint density at radius 1 is 1.44 bits per heavy atom. The van der Waals surface area contributed by atoms with E-state index in [0.29, 0.717) is 5.92 Å². The van der Waals surface area contributed by atoms with Gasteiger partial charge in [-0.2, -0.15) is 0 Å². The van der Waals surface area contributed by atoms with Crippen LogP contribution in [-0.4, -0.2) is 23.0 Å². The molecular weight excluding hydrogens is 206 g/mol. The highest BCUT2D eigenvalue weighted by atomic mass is 16.4. The predicted octanol–water partition coefficient (Wildman–Crippen LogP) is 1.21. The fraction of sp³-hybridized carbons (Fsp3) is 0.818. The van der Waals surface area contributed by atoms with Crippen LogP contribution >= 0.6 is 0 Å². The summed E-state index contributed by atoms with van der Waals surface area (Å²) in [6.07, 6.45) is 5.82. The molecule has 1 rings (SSSR count). The molecule has 0 saturated heterocycles. The minimum atomic E-state index is -0.158. The van der Waals surface area contributed by atoms with Crippen LogP contribution in [0.25, 0.3) is 0 Å². The third kappa shape index (κ3) is 4.08. The van der Waals surface area contributed by atoms with Gasteiger partial charge in [-0.05, 0) is 18.8 Å². The van der Waals surface area contributed by atoms with Crippen molar-refractivity contribution in [1.29, 1.82) is 0 Å². The highest BCUT2D eigenvalue weighted by Gasteiger charge is 2.21. The van der Waals surface area contributed by atoms with E-state index < -0.39 is 0 Å². The summed E-state index contributed by atoms with van der Waals surface area (Å²) < 4.78 is 0. The Hall–Kier alpha value is -1.26. The molecule has 0 spiro atoms.